The van der Waals surface area contributed by atoms with Crippen LogP contribution in [0.2, 0.25) is 0 Å². The van der Waals surface area contributed by atoms with E-state index in [2.05, 4.69) is 5.32 Å². The van der Waals surface area contributed by atoms with Gasteiger partial charge in [-0.3, -0.25) is 9.59 Å². The molecule has 0 aromatic heterocycles. The summed E-state index contributed by atoms with van der Waals surface area (Å²) in [5.41, 5.74) is -0.241. The second kappa shape index (κ2) is 9.54. The Morgan fingerprint density at radius 1 is 1.00 bits per heavy atom. The third-order valence-corrected chi connectivity index (χ3v) is 3.59. The normalized spacial score (nSPS) is 12.1. The number of rotatable bonds is 6. The average Bonchev–Trinajstić information content (AvgIpc) is 2.68. The van der Waals surface area contributed by atoms with Crippen molar-refractivity contribution >= 4 is 29.5 Å². The van der Waals surface area contributed by atoms with E-state index in [0.29, 0.717) is 11.6 Å². The predicted molar refractivity (Wildman–Crippen MR) is 98.7 cm³/mol. The predicted octanol–water partition coefficient (Wildman–Crippen LogP) is 3.15. The highest BCUT2D eigenvalue weighted by Gasteiger charge is 2.23. The van der Waals surface area contributed by atoms with Gasteiger partial charge < -0.3 is 15.4 Å². The summed E-state index contributed by atoms with van der Waals surface area (Å²) >= 11 is 0. The topological polar surface area (TPSA) is 84.5 Å². The molecule has 152 valence electrons. The number of carbonyl (C=O) groups is 3. The quantitative estimate of drug-likeness (QED) is 0.439. The van der Waals surface area contributed by atoms with Crippen LogP contribution in [-0.4, -0.2) is 23.9 Å². The molecule has 2 rings (SSSR count). The molecule has 0 heterocycles. The largest absolute Gasteiger partial charge is 0.448 e. The molecule has 0 aliphatic carbocycles. The van der Waals surface area contributed by atoms with E-state index in [1.165, 1.54) is 19.9 Å². The van der Waals surface area contributed by atoms with Crippen molar-refractivity contribution in [3.05, 3.63) is 71.2 Å². The van der Waals surface area contributed by atoms with Crippen molar-refractivity contribution in [2.24, 2.45) is 0 Å². The Morgan fingerprint density at radius 3 is 2.28 bits per heavy atom. The van der Waals surface area contributed by atoms with Crippen LogP contribution in [0.4, 0.5) is 18.9 Å². The molecule has 0 fully saturated rings. The summed E-state index contributed by atoms with van der Waals surface area (Å²) in [5, 5.41) is 4.32. The Morgan fingerprint density at radius 2 is 1.66 bits per heavy atom. The standard InChI is InChI=1S/C20H17F3N2O4/c1-11(19(27)25-15-9-8-14(21)17(22)18(15)23)29-20(28)16(24-12(2)26)10-13-6-4-3-5-7-13/h3-11H,1-2H3,(H,24,26)(H,25,27)/b16-10-/t11-/m1/s1. The zero-order valence-electron chi connectivity index (χ0n) is 15.5. The molecule has 0 aliphatic heterocycles. The van der Waals surface area contributed by atoms with Crippen LogP contribution in [0.3, 0.4) is 0 Å². The minimum atomic E-state index is -1.74. The van der Waals surface area contributed by atoms with Crippen LogP contribution in [0, 0.1) is 17.5 Å². The summed E-state index contributed by atoms with van der Waals surface area (Å²) in [6, 6.07) is 10.0. The van der Waals surface area contributed by atoms with E-state index in [1.54, 1.807) is 30.3 Å². The van der Waals surface area contributed by atoms with Crippen molar-refractivity contribution < 1.29 is 32.3 Å². The van der Waals surface area contributed by atoms with Gasteiger partial charge in [-0.15, -0.1) is 0 Å². The molecule has 0 saturated heterocycles. The molecule has 0 saturated carbocycles. The first-order valence-corrected chi connectivity index (χ1v) is 8.38. The highest BCUT2D eigenvalue weighted by Crippen LogP contribution is 2.20. The first-order valence-electron chi connectivity index (χ1n) is 8.38. The van der Waals surface area contributed by atoms with Gasteiger partial charge >= 0.3 is 5.97 Å². The van der Waals surface area contributed by atoms with Crippen LogP contribution >= 0.6 is 0 Å². The van der Waals surface area contributed by atoms with Gasteiger partial charge in [-0.1, -0.05) is 30.3 Å². The minimum Gasteiger partial charge on any atom is -0.448 e. The van der Waals surface area contributed by atoms with Gasteiger partial charge in [-0.2, -0.15) is 0 Å². The van der Waals surface area contributed by atoms with Gasteiger partial charge in [0.2, 0.25) is 5.91 Å². The maximum absolute atomic E-state index is 13.7. The molecule has 2 aromatic carbocycles. The van der Waals surface area contributed by atoms with Gasteiger partial charge in [0.05, 0.1) is 5.69 Å². The van der Waals surface area contributed by atoms with Crippen molar-refractivity contribution in [2.75, 3.05) is 5.32 Å². The van der Waals surface area contributed by atoms with Gasteiger partial charge in [-0.05, 0) is 30.7 Å². The van der Waals surface area contributed by atoms with Crippen molar-refractivity contribution in [3.63, 3.8) is 0 Å². The fourth-order valence-corrected chi connectivity index (χ4v) is 2.19. The molecule has 2 amide bonds. The number of hydrogen-bond donors (Lipinski definition) is 2. The van der Waals surface area contributed by atoms with E-state index in [1.807, 2.05) is 5.32 Å². The molecule has 1 atom stereocenters. The maximum atomic E-state index is 13.7. The van der Waals surface area contributed by atoms with E-state index in [0.717, 1.165) is 6.07 Å². The molecule has 0 bridgehead atoms. The lowest BCUT2D eigenvalue weighted by molar-refractivity contribution is -0.149. The van der Waals surface area contributed by atoms with Crippen LogP contribution in [0.25, 0.3) is 6.08 Å². The Kier molecular flexibility index (Phi) is 7.13. The van der Waals surface area contributed by atoms with Crippen LogP contribution < -0.4 is 10.6 Å². The first-order chi connectivity index (χ1) is 13.7. The SMILES string of the molecule is CC(=O)N/C(=C\c1ccccc1)C(=O)O[C@H](C)C(=O)Nc1ccc(F)c(F)c1F. The first kappa shape index (κ1) is 21.7. The Hall–Kier alpha value is -3.62. The molecule has 9 heteroatoms. The van der Waals surface area contributed by atoms with Gasteiger partial charge in [0.25, 0.3) is 5.91 Å². The maximum Gasteiger partial charge on any atom is 0.355 e. The lowest BCUT2D eigenvalue weighted by Crippen LogP contribution is -2.34. The third kappa shape index (κ3) is 5.93. The minimum absolute atomic E-state index is 0.220. The number of benzene rings is 2. The number of amides is 2. The van der Waals surface area contributed by atoms with Gasteiger partial charge in [-0.25, -0.2) is 18.0 Å². The zero-order chi connectivity index (χ0) is 21.6. The van der Waals surface area contributed by atoms with E-state index in [9.17, 15) is 27.6 Å². The number of esters is 1. The number of halogens is 3. The average molecular weight is 406 g/mol. The van der Waals surface area contributed by atoms with Crippen molar-refractivity contribution in [3.8, 4) is 0 Å². The summed E-state index contributed by atoms with van der Waals surface area (Å²) in [5.74, 6) is -7.27. The van der Waals surface area contributed by atoms with Gasteiger partial charge in [0.15, 0.2) is 23.6 Å². The second-order valence-corrected chi connectivity index (χ2v) is 5.91. The molecule has 6 nitrogen and oxygen atoms in total. The highest BCUT2D eigenvalue weighted by atomic mass is 19.2. The molecule has 2 N–H and O–H groups in total. The van der Waals surface area contributed by atoms with Crippen molar-refractivity contribution in [1.29, 1.82) is 0 Å². The number of ether oxygens (including phenoxy) is 1. The Balaban J connectivity index is 2.12. The molecular weight excluding hydrogens is 389 g/mol. The van der Waals surface area contributed by atoms with Crippen molar-refractivity contribution in [1.82, 2.24) is 5.32 Å². The summed E-state index contributed by atoms with van der Waals surface area (Å²) in [7, 11) is 0. The molecule has 0 unspecified atom stereocenters. The van der Waals surface area contributed by atoms with Crippen LogP contribution in [0.15, 0.2) is 48.2 Å². The van der Waals surface area contributed by atoms with E-state index in [-0.39, 0.29) is 5.70 Å². The zero-order valence-corrected chi connectivity index (χ0v) is 15.5. The number of nitrogens with one attached hydrogen (secondary N) is 2. The summed E-state index contributed by atoms with van der Waals surface area (Å²) < 4.78 is 44.9. The van der Waals surface area contributed by atoms with Crippen LogP contribution in [-0.2, 0) is 19.1 Å². The Labute approximate surface area is 164 Å². The molecule has 0 aliphatic rings. The molecule has 0 radical (unpaired) electrons. The van der Waals surface area contributed by atoms with E-state index < -0.39 is 47.0 Å². The van der Waals surface area contributed by atoms with Gasteiger partial charge in [0.1, 0.15) is 5.70 Å². The second-order valence-electron chi connectivity index (χ2n) is 5.91. The van der Waals surface area contributed by atoms with E-state index in [4.69, 9.17) is 4.74 Å². The van der Waals surface area contributed by atoms with Crippen LogP contribution in [0.5, 0.6) is 0 Å². The number of hydrogen-bond acceptors (Lipinski definition) is 4. The van der Waals surface area contributed by atoms with Crippen LogP contribution in [0.1, 0.15) is 19.4 Å². The molecule has 0 spiro atoms. The number of anilines is 1. The van der Waals surface area contributed by atoms with Gasteiger partial charge in [0, 0.05) is 6.92 Å². The van der Waals surface area contributed by atoms with E-state index >= 15 is 0 Å². The number of carbonyl (C=O) groups excluding carboxylic acids is 3. The third-order valence-electron chi connectivity index (χ3n) is 3.59. The monoisotopic (exact) mass is 406 g/mol. The summed E-state index contributed by atoms with van der Waals surface area (Å²) in [4.78, 5) is 35.8. The lowest BCUT2D eigenvalue weighted by Gasteiger charge is -2.15. The molecule has 29 heavy (non-hydrogen) atoms. The highest BCUT2D eigenvalue weighted by molar-refractivity contribution is 6.00. The smallest absolute Gasteiger partial charge is 0.355 e. The lowest BCUT2D eigenvalue weighted by atomic mass is 10.2. The summed E-state index contributed by atoms with van der Waals surface area (Å²) in [6.45, 7) is 2.38. The summed E-state index contributed by atoms with van der Waals surface area (Å²) in [6.07, 6.45) is -0.0773. The fraction of sp³-hybridized carbons (Fsp3) is 0.150. The van der Waals surface area contributed by atoms with Crippen molar-refractivity contribution in [2.45, 2.75) is 20.0 Å². The molecule has 2 aromatic rings. The molecular formula is C20H17F3N2O4. The fourth-order valence-electron chi connectivity index (χ4n) is 2.19. The Bertz CT molecular complexity index is 962.